The monoisotopic (exact) mass is 511 g/mol. The maximum atomic E-state index is 12.5. The molecule has 0 radical (unpaired) electrons. The highest BCUT2D eigenvalue weighted by Crippen LogP contribution is 2.32. The number of carbonyl (C=O) groups is 2. The maximum absolute atomic E-state index is 12.5. The number of hydrogen-bond acceptors (Lipinski definition) is 5. The lowest BCUT2D eigenvalue weighted by Crippen LogP contribution is -2.20. The van der Waals surface area contributed by atoms with E-state index in [4.69, 9.17) is 27.9 Å². The van der Waals surface area contributed by atoms with Crippen LogP contribution >= 0.6 is 35.0 Å². The number of ether oxygens (including phenoxy) is 1. The number of thioether (sulfide) groups is 1. The number of carbonyl (C=O) groups excluding carboxylic acids is 2. The highest BCUT2D eigenvalue weighted by atomic mass is 35.5. The van der Waals surface area contributed by atoms with Crippen molar-refractivity contribution in [3.05, 3.63) is 92.8 Å². The molecule has 1 saturated heterocycles. The Morgan fingerprint density at radius 1 is 1.06 bits per heavy atom. The lowest BCUT2D eigenvalue weighted by atomic mass is 10.2. The topological polar surface area (TPSA) is 79.8 Å². The second-order valence-corrected chi connectivity index (χ2v) is 9.25. The van der Waals surface area contributed by atoms with E-state index in [1.165, 1.54) is 11.8 Å². The van der Waals surface area contributed by atoms with Gasteiger partial charge in [-0.2, -0.15) is 0 Å². The highest BCUT2D eigenvalue weighted by molar-refractivity contribution is 8.18. The Hall–Kier alpha value is -3.26. The molecule has 2 N–H and O–H groups in total. The number of amides is 2. The first-order valence-electron chi connectivity index (χ1n) is 10.2. The first kappa shape index (κ1) is 23.9. The molecule has 0 atom stereocenters. The Labute approximate surface area is 211 Å². The van der Waals surface area contributed by atoms with Gasteiger partial charge in [-0.1, -0.05) is 40.9 Å². The Kier molecular flexibility index (Phi) is 7.57. The van der Waals surface area contributed by atoms with Crippen LogP contribution in [0.5, 0.6) is 5.75 Å². The molecule has 6 nitrogen and oxygen atoms in total. The predicted molar refractivity (Wildman–Crippen MR) is 139 cm³/mol. The van der Waals surface area contributed by atoms with Crippen LogP contribution in [-0.2, 0) is 9.59 Å². The van der Waals surface area contributed by atoms with E-state index in [1.54, 1.807) is 48.5 Å². The second-order valence-electron chi connectivity index (χ2n) is 7.34. The van der Waals surface area contributed by atoms with Crippen molar-refractivity contribution in [3.63, 3.8) is 0 Å². The number of aryl methyl sites for hydroxylation is 1. The van der Waals surface area contributed by atoms with Gasteiger partial charge in [0.1, 0.15) is 5.75 Å². The summed E-state index contributed by atoms with van der Waals surface area (Å²) in [4.78, 5) is 29.7. The minimum atomic E-state index is -0.337. The number of rotatable bonds is 6. The third-order valence-corrected chi connectivity index (χ3v) is 6.06. The average Bonchev–Trinajstić information content (AvgIpc) is 3.15. The molecule has 1 fully saturated rings. The van der Waals surface area contributed by atoms with Crippen molar-refractivity contribution >= 4 is 69.4 Å². The molecule has 0 aromatic heterocycles. The van der Waals surface area contributed by atoms with E-state index in [0.29, 0.717) is 37.1 Å². The first-order valence-corrected chi connectivity index (χ1v) is 11.8. The van der Waals surface area contributed by atoms with Crippen molar-refractivity contribution in [3.8, 4) is 5.75 Å². The average molecular weight is 512 g/mol. The fraction of sp³-hybridized carbons (Fsp3) is 0.0800. The van der Waals surface area contributed by atoms with Crippen molar-refractivity contribution in [2.75, 3.05) is 11.9 Å². The molecule has 1 heterocycles. The van der Waals surface area contributed by atoms with Gasteiger partial charge >= 0.3 is 0 Å². The van der Waals surface area contributed by atoms with Crippen LogP contribution < -0.4 is 15.4 Å². The zero-order valence-corrected chi connectivity index (χ0v) is 20.3. The molecule has 3 aromatic carbocycles. The fourth-order valence-electron chi connectivity index (χ4n) is 3.00. The summed E-state index contributed by atoms with van der Waals surface area (Å²) in [7, 11) is 0. The Morgan fingerprint density at radius 3 is 2.50 bits per heavy atom. The number of nitrogens with one attached hydrogen (secondary N) is 2. The summed E-state index contributed by atoms with van der Waals surface area (Å²) in [5.74, 6) is -0.195. The standard InChI is InChI=1S/C25H19Cl2N3O3S/c1-15-2-7-20(8-3-15)29-25-30-24(32)22(34-25)13-16-12-18(27)6-11-21(16)33-14-23(31)28-19-9-4-17(26)5-10-19/h2-13H,14H2,1H3,(H,28,31)(H,29,30,32)/b22-13-. The van der Waals surface area contributed by atoms with Gasteiger partial charge in [-0.05, 0) is 79.4 Å². The second kappa shape index (κ2) is 10.8. The van der Waals surface area contributed by atoms with Crippen LogP contribution in [0.4, 0.5) is 11.4 Å². The number of hydrogen-bond donors (Lipinski definition) is 2. The lowest BCUT2D eigenvalue weighted by molar-refractivity contribution is -0.118. The fourth-order valence-corrected chi connectivity index (χ4v) is 4.13. The summed E-state index contributed by atoms with van der Waals surface area (Å²) >= 11 is 13.2. The normalized spacial score (nSPS) is 15.4. The summed E-state index contributed by atoms with van der Waals surface area (Å²) < 4.78 is 5.72. The van der Waals surface area contributed by atoms with Crippen LogP contribution in [0.3, 0.4) is 0 Å². The SMILES string of the molecule is Cc1ccc(N=C2NC(=O)/C(=C/c3cc(Cl)ccc3OCC(=O)Nc3ccc(Cl)cc3)S2)cc1. The van der Waals surface area contributed by atoms with Crippen molar-refractivity contribution < 1.29 is 14.3 Å². The lowest BCUT2D eigenvalue weighted by Gasteiger charge is -2.10. The first-order chi connectivity index (χ1) is 16.4. The number of nitrogens with zero attached hydrogens (tertiary/aromatic N) is 1. The number of amidine groups is 1. The van der Waals surface area contributed by atoms with E-state index in [-0.39, 0.29) is 18.4 Å². The van der Waals surface area contributed by atoms with E-state index >= 15 is 0 Å². The molecular formula is C25H19Cl2N3O3S. The maximum Gasteiger partial charge on any atom is 0.264 e. The predicted octanol–water partition coefficient (Wildman–Crippen LogP) is 6.21. The van der Waals surface area contributed by atoms with Gasteiger partial charge in [-0.3, -0.25) is 9.59 Å². The summed E-state index contributed by atoms with van der Waals surface area (Å²) in [5.41, 5.74) is 3.05. The number of anilines is 1. The van der Waals surface area contributed by atoms with E-state index in [1.807, 2.05) is 31.2 Å². The summed E-state index contributed by atoms with van der Waals surface area (Å²) in [6, 6.07) is 19.4. The molecule has 0 spiro atoms. The molecule has 3 aromatic rings. The molecule has 1 aliphatic rings. The molecule has 172 valence electrons. The van der Waals surface area contributed by atoms with Crippen LogP contribution in [-0.4, -0.2) is 23.6 Å². The van der Waals surface area contributed by atoms with E-state index < -0.39 is 0 Å². The summed E-state index contributed by atoms with van der Waals surface area (Å²) in [6.45, 7) is 1.77. The quantitative estimate of drug-likeness (QED) is 0.385. The Balaban J connectivity index is 1.47. The zero-order chi connectivity index (χ0) is 24.1. The van der Waals surface area contributed by atoms with Gasteiger partial charge in [0, 0.05) is 21.3 Å². The van der Waals surface area contributed by atoms with Crippen LogP contribution in [0.25, 0.3) is 6.08 Å². The van der Waals surface area contributed by atoms with E-state index in [9.17, 15) is 9.59 Å². The molecule has 9 heteroatoms. The van der Waals surface area contributed by atoms with Crippen molar-refractivity contribution in [2.24, 2.45) is 4.99 Å². The third-order valence-electron chi connectivity index (χ3n) is 4.66. The highest BCUT2D eigenvalue weighted by Gasteiger charge is 2.24. The zero-order valence-electron chi connectivity index (χ0n) is 18.0. The van der Waals surface area contributed by atoms with Gasteiger partial charge in [0.25, 0.3) is 11.8 Å². The minimum Gasteiger partial charge on any atom is -0.483 e. The van der Waals surface area contributed by atoms with Crippen LogP contribution in [0.2, 0.25) is 10.0 Å². The van der Waals surface area contributed by atoms with E-state index in [2.05, 4.69) is 15.6 Å². The van der Waals surface area contributed by atoms with E-state index in [0.717, 1.165) is 11.3 Å². The Bertz CT molecular complexity index is 1290. The number of benzene rings is 3. The number of aliphatic imine (C=N–C) groups is 1. The van der Waals surface area contributed by atoms with Crippen molar-refractivity contribution in [2.45, 2.75) is 6.92 Å². The molecular weight excluding hydrogens is 493 g/mol. The molecule has 1 aliphatic heterocycles. The van der Waals surface area contributed by atoms with Gasteiger partial charge in [-0.25, -0.2) is 4.99 Å². The molecule has 2 amide bonds. The molecule has 0 saturated carbocycles. The molecule has 0 aliphatic carbocycles. The van der Waals surface area contributed by atoms with Gasteiger partial charge in [-0.15, -0.1) is 0 Å². The summed E-state index contributed by atoms with van der Waals surface area (Å²) in [5, 5.41) is 7.03. The minimum absolute atomic E-state index is 0.222. The van der Waals surface area contributed by atoms with Crippen molar-refractivity contribution in [1.82, 2.24) is 5.32 Å². The molecule has 34 heavy (non-hydrogen) atoms. The Morgan fingerprint density at radius 2 is 1.76 bits per heavy atom. The molecule has 0 unspecified atom stereocenters. The van der Waals surface area contributed by atoms with Gasteiger partial charge < -0.3 is 15.4 Å². The van der Waals surface area contributed by atoms with Crippen molar-refractivity contribution in [1.29, 1.82) is 0 Å². The van der Waals surface area contributed by atoms with Crippen LogP contribution in [0.15, 0.2) is 76.6 Å². The summed E-state index contributed by atoms with van der Waals surface area (Å²) in [6.07, 6.45) is 1.66. The third kappa shape index (κ3) is 6.41. The smallest absolute Gasteiger partial charge is 0.264 e. The van der Waals surface area contributed by atoms with Crippen LogP contribution in [0.1, 0.15) is 11.1 Å². The molecule has 4 rings (SSSR count). The van der Waals surface area contributed by atoms with Gasteiger partial charge in [0.2, 0.25) is 0 Å². The largest absolute Gasteiger partial charge is 0.483 e. The van der Waals surface area contributed by atoms with Gasteiger partial charge in [0.05, 0.1) is 10.6 Å². The van der Waals surface area contributed by atoms with Crippen LogP contribution in [0, 0.1) is 6.92 Å². The number of halogens is 2. The van der Waals surface area contributed by atoms with Gasteiger partial charge in [0.15, 0.2) is 11.8 Å². The molecule has 0 bridgehead atoms.